The Labute approximate surface area is 87.5 Å². The van der Waals surface area contributed by atoms with E-state index in [1.807, 2.05) is 6.92 Å². The Balaban J connectivity index is 3.29. The van der Waals surface area contributed by atoms with Gasteiger partial charge in [0.15, 0.2) is 5.15 Å². The molecule has 0 unspecified atom stereocenters. The lowest BCUT2D eigenvalue weighted by atomic mass is 9.90. The molecule has 5 heteroatoms. The van der Waals surface area contributed by atoms with Crippen molar-refractivity contribution in [2.45, 2.75) is 32.7 Å². The van der Waals surface area contributed by atoms with E-state index in [4.69, 9.17) is 16.7 Å². The monoisotopic (exact) mass is 216 g/mol. The first-order valence-electron chi connectivity index (χ1n) is 4.35. The molecule has 0 fully saturated rings. The number of hydrogen-bond donors (Lipinski definition) is 1. The average Bonchev–Trinajstić information content (AvgIpc) is 2.46. The Morgan fingerprint density at radius 3 is 2.71 bits per heavy atom. The molecule has 1 aromatic heterocycles. The Morgan fingerprint density at radius 2 is 2.29 bits per heavy atom. The van der Waals surface area contributed by atoms with Crippen LogP contribution >= 0.6 is 11.6 Å². The summed E-state index contributed by atoms with van der Waals surface area (Å²) in [7, 11) is 0. The molecule has 0 aromatic carbocycles. The molecular formula is C9H13ClN2O2. The minimum Gasteiger partial charge on any atom is -0.481 e. The highest BCUT2D eigenvalue weighted by Gasteiger charge is 2.35. The van der Waals surface area contributed by atoms with E-state index in [1.165, 1.54) is 0 Å². The zero-order valence-corrected chi connectivity index (χ0v) is 9.17. The van der Waals surface area contributed by atoms with E-state index in [1.54, 1.807) is 24.7 Å². The molecule has 0 saturated carbocycles. The maximum absolute atomic E-state index is 11.0. The normalized spacial score (nSPS) is 11.7. The van der Waals surface area contributed by atoms with Gasteiger partial charge in [0.1, 0.15) is 5.41 Å². The Morgan fingerprint density at radius 1 is 1.71 bits per heavy atom. The van der Waals surface area contributed by atoms with Gasteiger partial charge in [-0.1, -0.05) is 11.6 Å². The highest BCUT2D eigenvalue weighted by Crippen LogP contribution is 2.29. The van der Waals surface area contributed by atoms with E-state index in [-0.39, 0.29) is 5.15 Å². The highest BCUT2D eigenvalue weighted by molar-refractivity contribution is 6.30. The first kappa shape index (κ1) is 11.0. The number of aliphatic carboxylic acids is 1. The van der Waals surface area contributed by atoms with Crippen molar-refractivity contribution in [2.75, 3.05) is 0 Å². The minimum absolute atomic E-state index is 0.263. The summed E-state index contributed by atoms with van der Waals surface area (Å²) in [5.74, 6) is -0.908. The number of nitrogens with zero attached hydrogens (tertiary/aromatic N) is 2. The first-order valence-corrected chi connectivity index (χ1v) is 4.73. The van der Waals surface area contributed by atoms with Crippen molar-refractivity contribution in [1.82, 2.24) is 9.55 Å². The van der Waals surface area contributed by atoms with Gasteiger partial charge in [0.05, 0.1) is 12.0 Å². The molecular weight excluding hydrogens is 204 g/mol. The van der Waals surface area contributed by atoms with E-state index in [2.05, 4.69) is 4.98 Å². The van der Waals surface area contributed by atoms with Gasteiger partial charge < -0.3 is 9.67 Å². The Hall–Kier alpha value is -1.03. The van der Waals surface area contributed by atoms with Crippen LogP contribution in [-0.4, -0.2) is 20.6 Å². The van der Waals surface area contributed by atoms with E-state index in [0.717, 1.165) is 0 Å². The van der Waals surface area contributed by atoms with Gasteiger partial charge in [-0.15, -0.1) is 0 Å². The van der Waals surface area contributed by atoms with Crippen molar-refractivity contribution in [3.05, 3.63) is 17.2 Å². The number of aryl methyl sites for hydroxylation is 1. The van der Waals surface area contributed by atoms with Crippen molar-refractivity contribution in [1.29, 1.82) is 0 Å². The Kier molecular flexibility index (Phi) is 2.85. The SMILES string of the molecule is CCn1cnc(Cl)c1C(C)(C)C(=O)O. The van der Waals surface area contributed by atoms with Crippen molar-refractivity contribution >= 4 is 17.6 Å². The maximum atomic E-state index is 11.0. The number of carbonyl (C=O) groups is 1. The van der Waals surface area contributed by atoms with Gasteiger partial charge in [0.25, 0.3) is 0 Å². The van der Waals surface area contributed by atoms with Gasteiger partial charge >= 0.3 is 5.97 Å². The summed E-state index contributed by atoms with van der Waals surface area (Å²) in [6.45, 7) is 5.81. The molecule has 14 heavy (non-hydrogen) atoms. The molecule has 0 saturated heterocycles. The number of rotatable bonds is 3. The van der Waals surface area contributed by atoms with Crippen LogP contribution in [0.3, 0.4) is 0 Å². The second-order valence-corrected chi connectivity index (χ2v) is 3.96. The summed E-state index contributed by atoms with van der Waals surface area (Å²) in [6.07, 6.45) is 1.56. The lowest BCUT2D eigenvalue weighted by Gasteiger charge is -2.20. The van der Waals surface area contributed by atoms with E-state index < -0.39 is 11.4 Å². The van der Waals surface area contributed by atoms with Crippen LogP contribution in [0.4, 0.5) is 0 Å². The second kappa shape index (κ2) is 3.61. The quantitative estimate of drug-likeness (QED) is 0.840. The molecule has 0 radical (unpaired) electrons. The molecule has 4 nitrogen and oxygen atoms in total. The zero-order valence-electron chi connectivity index (χ0n) is 8.41. The molecule has 0 aliphatic heterocycles. The summed E-state index contributed by atoms with van der Waals surface area (Å²) < 4.78 is 1.75. The van der Waals surface area contributed by atoms with Crippen molar-refractivity contribution in [2.24, 2.45) is 0 Å². The third kappa shape index (κ3) is 1.62. The van der Waals surface area contributed by atoms with E-state index >= 15 is 0 Å². The van der Waals surface area contributed by atoms with Gasteiger partial charge in [-0.3, -0.25) is 4.79 Å². The molecule has 78 valence electrons. The molecule has 1 heterocycles. The second-order valence-electron chi connectivity index (χ2n) is 3.60. The average molecular weight is 217 g/mol. The molecule has 0 aliphatic carbocycles. The molecule has 0 amide bonds. The minimum atomic E-state index is -1.01. The molecule has 0 atom stereocenters. The Bertz CT molecular complexity index is 358. The third-order valence-electron chi connectivity index (χ3n) is 2.26. The topological polar surface area (TPSA) is 55.1 Å². The highest BCUT2D eigenvalue weighted by atomic mass is 35.5. The standard InChI is InChI=1S/C9H13ClN2O2/c1-4-12-5-11-7(10)6(12)9(2,3)8(13)14/h5H,4H2,1-3H3,(H,13,14). The number of hydrogen-bond acceptors (Lipinski definition) is 2. The number of imidazole rings is 1. The predicted octanol–water partition coefficient (Wildman–Crippen LogP) is 1.92. The van der Waals surface area contributed by atoms with Gasteiger partial charge in [0.2, 0.25) is 0 Å². The molecule has 0 spiro atoms. The van der Waals surface area contributed by atoms with Crippen LogP contribution in [0.25, 0.3) is 0 Å². The van der Waals surface area contributed by atoms with Gasteiger partial charge in [0, 0.05) is 6.54 Å². The van der Waals surface area contributed by atoms with Gasteiger partial charge in [-0.05, 0) is 20.8 Å². The van der Waals surface area contributed by atoms with Gasteiger partial charge in [-0.2, -0.15) is 0 Å². The first-order chi connectivity index (χ1) is 6.41. The number of carboxylic acids is 1. The largest absolute Gasteiger partial charge is 0.481 e. The summed E-state index contributed by atoms with van der Waals surface area (Å²) in [5.41, 5.74) is -0.460. The smallest absolute Gasteiger partial charge is 0.315 e. The van der Waals surface area contributed by atoms with E-state index in [9.17, 15) is 4.79 Å². The molecule has 1 rings (SSSR count). The summed E-state index contributed by atoms with van der Waals surface area (Å²) >= 11 is 5.86. The summed E-state index contributed by atoms with van der Waals surface area (Å²) in [4.78, 5) is 14.9. The lowest BCUT2D eigenvalue weighted by molar-refractivity contribution is -0.142. The van der Waals surface area contributed by atoms with Crippen LogP contribution in [0, 0.1) is 0 Å². The number of carboxylic acid groups (broad SMARTS) is 1. The number of halogens is 1. The zero-order chi connectivity index (χ0) is 10.9. The number of aromatic nitrogens is 2. The van der Waals surface area contributed by atoms with Crippen LogP contribution < -0.4 is 0 Å². The summed E-state index contributed by atoms with van der Waals surface area (Å²) in [5, 5.41) is 9.32. The third-order valence-corrected chi connectivity index (χ3v) is 2.54. The maximum Gasteiger partial charge on any atom is 0.315 e. The fourth-order valence-corrected chi connectivity index (χ4v) is 1.70. The van der Waals surface area contributed by atoms with Crippen LogP contribution in [0.5, 0.6) is 0 Å². The van der Waals surface area contributed by atoms with Gasteiger partial charge in [-0.25, -0.2) is 4.98 Å². The van der Waals surface area contributed by atoms with Crippen LogP contribution in [-0.2, 0) is 16.8 Å². The summed E-state index contributed by atoms with van der Waals surface area (Å²) in [6, 6.07) is 0. The fraction of sp³-hybridized carbons (Fsp3) is 0.556. The van der Waals surface area contributed by atoms with Crippen molar-refractivity contribution in [3.8, 4) is 0 Å². The predicted molar refractivity (Wildman–Crippen MR) is 53.6 cm³/mol. The molecule has 0 bridgehead atoms. The van der Waals surface area contributed by atoms with Crippen molar-refractivity contribution < 1.29 is 9.90 Å². The van der Waals surface area contributed by atoms with Crippen LogP contribution in [0.2, 0.25) is 5.15 Å². The molecule has 1 N–H and O–H groups in total. The van der Waals surface area contributed by atoms with Crippen LogP contribution in [0.1, 0.15) is 26.5 Å². The molecule has 1 aromatic rings. The van der Waals surface area contributed by atoms with E-state index in [0.29, 0.717) is 12.2 Å². The molecule has 0 aliphatic rings. The van der Waals surface area contributed by atoms with Crippen LogP contribution in [0.15, 0.2) is 6.33 Å². The van der Waals surface area contributed by atoms with Crippen molar-refractivity contribution in [3.63, 3.8) is 0 Å². The lowest BCUT2D eigenvalue weighted by Crippen LogP contribution is -2.31. The fourth-order valence-electron chi connectivity index (χ4n) is 1.32.